The van der Waals surface area contributed by atoms with Crippen LogP contribution in [0.25, 0.3) is 0 Å². The zero-order valence-corrected chi connectivity index (χ0v) is 11.9. The van der Waals surface area contributed by atoms with Crippen molar-refractivity contribution in [2.45, 2.75) is 32.8 Å². The van der Waals surface area contributed by atoms with Gasteiger partial charge in [0.25, 0.3) is 0 Å². The molecule has 1 heterocycles. The molecule has 1 aliphatic rings. The van der Waals surface area contributed by atoms with E-state index in [9.17, 15) is 0 Å². The molecule has 0 saturated carbocycles. The number of anilines is 2. The summed E-state index contributed by atoms with van der Waals surface area (Å²) in [7, 11) is 0. The molecular weight excluding hydrogens is 236 g/mol. The highest BCUT2D eigenvalue weighted by atomic mass is 16.5. The van der Waals surface area contributed by atoms with Gasteiger partial charge in [-0.25, -0.2) is 0 Å². The van der Waals surface area contributed by atoms with Gasteiger partial charge in [0.2, 0.25) is 0 Å². The van der Waals surface area contributed by atoms with Gasteiger partial charge in [-0.3, -0.25) is 0 Å². The smallest absolute Gasteiger partial charge is 0.115 e. The molecule has 1 atom stereocenters. The van der Waals surface area contributed by atoms with Gasteiger partial charge >= 0.3 is 0 Å². The highest BCUT2D eigenvalue weighted by Crippen LogP contribution is 2.18. The van der Waals surface area contributed by atoms with Gasteiger partial charge in [-0.1, -0.05) is 0 Å². The lowest BCUT2D eigenvalue weighted by Gasteiger charge is -2.22. The molecule has 19 heavy (non-hydrogen) atoms. The number of hydrogen-bond acceptors (Lipinski definition) is 3. The van der Waals surface area contributed by atoms with E-state index in [1.807, 2.05) is 6.26 Å². The van der Waals surface area contributed by atoms with E-state index in [0.717, 1.165) is 38.2 Å². The summed E-state index contributed by atoms with van der Waals surface area (Å²) < 4.78 is 5.55. The molecule has 1 aromatic rings. The number of allylic oxidation sites excluding steroid dienone is 1. The highest BCUT2D eigenvalue weighted by Gasteiger charge is 2.10. The lowest BCUT2D eigenvalue weighted by Crippen LogP contribution is -2.23. The van der Waals surface area contributed by atoms with Crippen molar-refractivity contribution in [2.75, 3.05) is 29.9 Å². The molecule has 3 heteroatoms. The molecule has 0 fully saturated rings. The number of nitrogens with zero attached hydrogens (tertiary/aromatic N) is 1. The van der Waals surface area contributed by atoms with Gasteiger partial charge in [-0.2, -0.15) is 0 Å². The Morgan fingerprint density at radius 2 is 1.95 bits per heavy atom. The molecule has 0 spiro atoms. The molecule has 1 unspecified atom stereocenters. The van der Waals surface area contributed by atoms with Crippen LogP contribution in [-0.4, -0.2) is 25.7 Å². The molecule has 0 radical (unpaired) electrons. The average Bonchev–Trinajstić information content (AvgIpc) is 2.49. The van der Waals surface area contributed by atoms with Crippen LogP contribution in [0.2, 0.25) is 0 Å². The molecule has 0 amide bonds. The first kappa shape index (κ1) is 13.8. The minimum Gasteiger partial charge on any atom is -0.497 e. The average molecular weight is 260 g/mol. The zero-order chi connectivity index (χ0) is 13.5. The van der Waals surface area contributed by atoms with Crippen molar-refractivity contribution in [1.82, 2.24) is 0 Å². The van der Waals surface area contributed by atoms with Crippen molar-refractivity contribution in [1.29, 1.82) is 0 Å². The van der Waals surface area contributed by atoms with Crippen LogP contribution in [0.3, 0.4) is 0 Å². The van der Waals surface area contributed by atoms with Crippen LogP contribution in [0.1, 0.15) is 26.7 Å². The minimum atomic E-state index is 0.299. The van der Waals surface area contributed by atoms with E-state index in [0.29, 0.717) is 6.10 Å². The summed E-state index contributed by atoms with van der Waals surface area (Å²) in [6.07, 6.45) is 6.41. The maximum absolute atomic E-state index is 5.55. The second kappa shape index (κ2) is 7.07. The number of benzene rings is 1. The fourth-order valence-electron chi connectivity index (χ4n) is 2.35. The normalized spacial score (nSPS) is 17.9. The SMILES string of the molecule is CCN(CC)c1ccc(NCC2CCC=CO2)cc1. The zero-order valence-electron chi connectivity index (χ0n) is 11.9. The number of ether oxygens (including phenoxy) is 1. The third kappa shape index (κ3) is 3.91. The van der Waals surface area contributed by atoms with E-state index < -0.39 is 0 Å². The van der Waals surface area contributed by atoms with E-state index >= 15 is 0 Å². The van der Waals surface area contributed by atoms with E-state index in [2.05, 4.69) is 54.4 Å². The minimum absolute atomic E-state index is 0.299. The molecule has 0 aliphatic carbocycles. The van der Waals surface area contributed by atoms with Crippen molar-refractivity contribution in [3.8, 4) is 0 Å². The van der Waals surface area contributed by atoms with Crippen molar-refractivity contribution < 1.29 is 4.74 Å². The van der Waals surface area contributed by atoms with Crippen LogP contribution in [-0.2, 0) is 4.74 Å². The Morgan fingerprint density at radius 3 is 2.53 bits per heavy atom. The summed E-state index contributed by atoms with van der Waals surface area (Å²) in [6, 6.07) is 8.65. The van der Waals surface area contributed by atoms with Crippen molar-refractivity contribution >= 4 is 11.4 Å². The molecule has 0 saturated heterocycles. The van der Waals surface area contributed by atoms with Crippen LogP contribution in [0.15, 0.2) is 36.6 Å². The largest absolute Gasteiger partial charge is 0.497 e. The van der Waals surface area contributed by atoms with Crippen LogP contribution in [0.5, 0.6) is 0 Å². The Hall–Kier alpha value is -1.64. The first-order valence-corrected chi connectivity index (χ1v) is 7.22. The lowest BCUT2D eigenvalue weighted by atomic mass is 10.1. The Balaban J connectivity index is 1.86. The number of rotatable bonds is 6. The van der Waals surface area contributed by atoms with Gasteiger partial charge in [0.05, 0.1) is 12.8 Å². The summed E-state index contributed by atoms with van der Waals surface area (Å²) in [4.78, 5) is 2.35. The van der Waals surface area contributed by atoms with Crippen LogP contribution in [0.4, 0.5) is 11.4 Å². The molecule has 0 aromatic heterocycles. The van der Waals surface area contributed by atoms with Crippen LogP contribution >= 0.6 is 0 Å². The second-order valence-corrected chi connectivity index (χ2v) is 4.81. The Labute approximate surface area is 116 Å². The first-order valence-electron chi connectivity index (χ1n) is 7.22. The van der Waals surface area contributed by atoms with Gasteiger partial charge in [-0.05, 0) is 57.0 Å². The summed E-state index contributed by atoms with van der Waals surface area (Å²) in [6.45, 7) is 7.33. The van der Waals surface area contributed by atoms with Crippen LogP contribution in [0, 0.1) is 0 Å². The highest BCUT2D eigenvalue weighted by molar-refractivity contribution is 5.55. The lowest BCUT2D eigenvalue weighted by molar-refractivity contribution is 0.135. The second-order valence-electron chi connectivity index (χ2n) is 4.81. The molecule has 2 rings (SSSR count). The quantitative estimate of drug-likeness (QED) is 0.845. The monoisotopic (exact) mass is 260 g/mol. The molecule has 104 valence electrons. The summed E-state index contributed by atoms with van der Waals surface area (Å²) in [5.41, 5.74) is 2.45. The first-order chi connectivity index (χ1) is 9.33. The van der Waals surface area contributed by atoms with Crippen molar-refractivity contribution in [3.63, 3.8) is 0 Å². The molecular formula is C16H24N2O. The Morgan fingerprint density at radius 1 is 1.21 bits per heavy atom. The maximum atomic E-state index is 5.55. The van der Waals surface area contributed by atoms with E-state index in [1.54, 1.807) is 0 Å². The topological polar surface area (TPSA) is 24.5 Å². The van der Waals surface area contributed by atoms with Gasteiger partial charge < -0.3 is 15.0 Å². The molecule has 0 bridgehead atoms. The fourth-order valence-corrected chi connectivity index (χ4v) is 2.35. The van der Waals surface area contributed by atoms with E-state index in [4.69, 9.17) is 4.74 Å². The summed E-state index contributed by atoms with van der Waals surface area (Å²) in [5.74, 6) is 0. The van der Waals surface area contributed by atoms with Crippen LogP contribution < -0.4 is 10.2 Å². The van der Waals surface area contributed by atoms with Gasteiger partial charge in [0.1, 0.15) is 6.10 Å². The standard InChI is InChI=1S/C16H24N2O/c1-3-18(4-2)15-10-8-14(9-11-15)17-13-16-7-5-6-12-19-16/h6,8-12,16-17H,3-5,7,13H2,1-2H3. The van der Waals surface area contributed by atoms with E-state index in [-0.39, 0.29) is 0 Å². The molecule has 1 N–H and O–H groups in total. The van der Waals surface area contributed by atoms with Crippen molar-refractivity contribution in [2.24, 2.45) is 0 Å². The fraction of sp³-hybridized carbons (Fsp3) is 0.500. The Kier molecular flexibility index (Phi) is 5.13. The maximum Gasteiger partial charge on any atom is 0.115 e. The van der Waals surface area contributed by atoms with Crippen molar-refractivity contribution in [3.05, 3.63) is 36.6 Å². The van der Waals surface area contributed by atoms with E-state index in [1.165, 1.54) is 5.69 Å². The predicted octanol–water partition coefficient (Wildman–Crippen LogP) is 3.64. The molecule has 1 aliphatic heterocycles. The molecule has 1 aromatic carbocycles. The van der Waals surface area contributed by atoms with Gasteiger partial charge in [0.15, 0.2) is 0 Å². The number of nitrogens with one attached hydrogen (secondary N) is 1. The third-order valence-corrected chi connectivity index (χ3v) is 3.55. The summed E-state index contributed by atoms with van der Waals surface area (Å²) in [5, 5.41) is 3.44. The number of hydrogen-bond donors (Lipinski definition) is 1. The van der Waals surface area contributed by atoms with Gasteiger partial charge in [0, 0.05) is 24.5 Å². The Bertz CT molecular complexity index is 396. The molecule has 3 nitrogen and oxygen atoms in total. The summed E-state index contributed by atoms with van der Waals surface area (Å²) >= 11 is 0. The third-order valence-electron chi connectivity index (χ3n) is 3.55. The predicted molar refractivity (Wildman–Crippen MR) is 81.7 cm³/mol. The van der Waals surface area contributed by atoms with Gasteiger partial charge in [-0.15, -0.1) is 0 Å².